The average Bonchev–Trinajstić information content (AvgIpc) is 2.76. The molecule has 2 rings (SSSR count). The van der Waals surface area contributed by atoms with Crippen LogP contribution in [0, 0.1) is 18.6 Å². The quantitative estimate of drug-likeness (QED) is 0.905. The Kier molecular flexibility index (Phi) is 3.73. The van der Waals surface area contributed by atoms with Gasteiger partial charge >= 0.3 is 5.97 Å². The summed E-state index contributed by atoms with van der Waals surface area (Å²) in [5, 5.41) is 12.1. The normalized spacial score (nSPS) is 11.6. The average molecular weight is 318 g/mol. The van der Waals surface area contributed by atoms with Gasteiger partial charge in [0.2, 0.25) is 5.89 Å². The van der Waals surface area contributed by atoms with Crippen molar-refractivity contribution in [2.24, 2.45) is 0 Å². The Hall–Kier alpha value is -2.36. The summed E-state index contributed by atoms with van der Waals surface area (Å²) in [5.41, 5.74) is -0.684. The summed E-state index contributed by atoms with van der Waals surface area (Å²) < 4.78 is 55.6. The number of benzene rings is 1. The molecule has 0 saturated carbocycles. The maximum Gasteiger partial charge on any atom is 0.335 e. The zero-order valence-electron chi connectivity index (χ0n) is 10.5. The number of rotatable bonds is 4. The minimum absolute atomic E-state index is 0.103. The Morgan fingerprint density at radius 1 is 1.38 bits per heavy atom. The summed E-state index contributed by atoms with van der Waals surface area (Å²) in [6.45, 7) is 1.43. The second-order valence-corrected chi connectivity index (χ2v) is 6.02. The van der Waals surface area contributed by atoms with Crippen LogP contribution in [-0.2, 0) is 15.6 Å². The molecule has 21 heavy (non-hydrogen) atoms. The van der Waals surface area contributed by atoms with Crippen LogP contribution >= 0.6 is 0 Å². The SMILES string of the molecule is Cc1nc(CS(=O)(=O)c2cc(C(=O)O)cc(F)c2F)no1. The third kappa shape index (κ3) is 3.05. The number of aromatic carboxylic acids is 1. The van der Waals surface area contributed by atoms with Crippen molar-refractivity contribution in [2.45, 2.75) is 17.6 Å². The van der Waals surface area contributed by atoms with Crippen LogP contribution in [-0.4, -0.2) is 29.6 Å². The largest absolute Gasteiger partial charge is 0.478 e. The molecule has 0 aliphatic rings. The monoisotopic (exact) mass is 318 g/mol. The van der Waals surface area contributed by atoms with Crippen molar-refractivity contribution in [3.8, 4) is 0 Å². The predicted molar refractivity (Wildman–Crippen MR) is 63.2 cm³/mol. The maximum absolute atomic E-state index is 13.6. The molecule has 0 radical (unpaired) electrons. The number of nitrogens with zero attached hydrogens (tertiary/aromatic N) is 2. The number of hydrogen-bond acceptors (Lipinski definition) is 6. The first kappa shape index (κ1) is 15.0. The summed E-state index contributed by atoms with van der Waals surface area (Å²) in [7, 11) is -4.37. The molecule has 0 atom stereocenters. The van der Waals surface area contributed by atoms with Gasteiger partial charge in [0.1, 0.15) is 10.6 Å². The molecule has 2 aromatic rings. The van der Waals surface area contributed by atoms with E-state index in [4.69, 9.17) is 5.11 Å². The lowest BCUT2D eigenvalue weighted by Gasteiger charge is -2.06. The highest BCUT2D eigenvalue weighted by atomic mass is 32.2. The van der Waals surface area contributed by atoms with Gasteiger partial charge in [-0.2, -0.15) is 4.98 Å². The Balaban J connectivity index is 2.51. The topological polar surface area (TPSA) is 110 Å². The van der Waals surface area contributed by atoms with Gasteiger partial charge in [-0.05, 0) is 12.1 Å². The molecule has 1 aromatic heterocycles. The zero-order valence-corrected chi connectivity index (χ0v) is 11.3. The van der Waals surface area contributed by atoms with E-state index in [0.29, 0.717) is 12.1 Å². The molecule has 0 aliphatic heterocycles. The van der Waals surface area contributed by atoms with Gasteiger partial charge in [0.05, 0.1) is 5.56 Å². The van der Waals surface area contributed by atoms with Crippen LogP contribution in [0.15, 0.2) is 21.6 Å². The fourth-order valence-corrected chi connectivity index (χ4v) is 2.85. The summed E-state index contributed by atoms with van der Waals surface area (Å²) in [6.07, 6.45) is 0. The van der Waals surface area contributed by atoms with Crippen molar-refractivity contribution in [3.63, 3.8) is 0 Å². The molecule has 0 saturated heterocycles. The molecule has 0 bridgehead atoms. The maximum atomic E-state index is 13.6. The standard InChI is InChI=1S/C11H8F2N2O5S/c1-5-14-9(15-20-5)4-21(18,19)8-3-6(11(16)17)2-7(12)10(8)13/h2-3H,4H2,1H3,(H,16,17). The molecule has 0 unspecified atom stereocenters. The molecule has 112 valence electrons. The minimum Gasteiger partial charge on any atom is -0.478 e. The Morgan fingerprint density at radius 3 is 2.57 bits per heavy atom. The first-order valence-electron chi connectivity index (χ1n) is 5.45. The fourth-order valence-electron chi connectivity index (χ4n) is 1.56. The van der Waals surface area contributed by atoms with E-state index >= 15 is 0 Å². The first-order chi connectivity index (χ1) is 9.70. The van der Waals surface area contributed by atoms with Gasteiger partial charge in [0.15, 0.2) is 27.3 Å². The lowest BCUT2D eigenvalue weighted by atomic mass is 10.2. The Bertz CT molecular complexity index is 816. The van der Waals surface area contributed by atoms with Crippen LogP contribution in [0.1, 0.15) is 22.1 Å². The number of carboxylic acids is 1. The van der Waals surface area contributed by atoms with Crippen molar-refractivity contribution in [1.82, 2.24) is 10.1 Å². The Labute approximate surface area is 117 Å². The van der Waals surface area contributed by atoms with Crippen molar-refractivity contribution in [3.05, 3.63) is 41.0 Å². The Morgan fingerprint density at radius 2 is 2.05 bits per heavy atom. The van der Waals surface area contributed by atoms with E-state index in [9.17, 15) is 22.0 Å². The van der Waals surface area contributed by atoms with E-state index in [0.717, 1.165) is 0 Å². The molecule has 0 fully saturated rings. The number of hydrogen-bond donors (Lipinski definition) is 1. The minimum atomic E-state index is -4.37. The fraction of sp³-hybridized carbons (Fsp3) is 0.182. The van der Waals surface area contributed by atoms with E-state index in [1.807, 2.05) is 0 Å². The number of aryl methyl sites for hydroxylation is 1. The highest BCUT2D eigenvalue weighted by Gasteiger charge is 2.26. The summed E-state index contributed by atoms with van der Waals surface area (Å²) >= 11 is 0. The van der Waals surface area contributed by atoms with Crippen molar-refractivity contribution < 1.29 is 31.6 Å². The molecule has 10 heteroatoms. The van der Waals surface area contributed by atoms with Gasteiger partial charge < -0.3 is 9.63 Å². The third-order valence-electron chi connectivity index (χ3n) is 2.47. The molecule has 7 nitrogen and oxygen atoms in total. The molecule has 0 spiro atoms. The van der Waals surface area contributed by atoms with E-state index in [1.165, 1.54) is 6.92 Å². The molecule has 0 amide bonds. The van der Waals surface area contributed by atoms with Crippen molar-refractivity contribution in [1.29, 1.82) is 0 Å². The summed E-state index contributed by atoms with van der Waals surface area (Å²) in [6, 6.07) is 0.943. The highest BCUT2D eigenvalue weighted by molar-refractivity contribution is 7.90. The van der Waals surface area contributed by atoms with E-state index in [2.05, 4.69) is 14.7 Å². The first-order valence-corrected chi connectivity index (χ1v) is 7.10. The number of aromatic nitrogens is 2. The van der Waals surface area contributed by atoms with Crippen LogP contribution in [0.4, 0.5) is 8.78 Å². The molecule has 1 aromatic carbocycles. The van der Waals surface area contributed by atoms with Gasteiger partial charge in [0.25, 0.3) is 0 Å². The van der Waals surface area contributed by atoms with Crippen LogP contribution in [0.3, 0.4) is 0 Å². The van der Waals surface area contributed by atoms with Gasteiger partial charge in [-0.25, -0.2) is 22.0 Å². The number of halogens is 2. The van der Waals surface area contributed by atoms with Crippen molar-refractivity contribution in [2.75, 3.05) is 0 Å². The number of carboxylic acid groups (broad SMARTS) is 1. The molecule has 0 aliphatic carbocycles. The van der Waals surface area contributed by atoms with Gasteiger partial charge in [-0.3, -0.25) is 0 Å². The van der Waals surface area contributed by atoms with Crippen LogP contribution in [0.2, 0.25) is 0 Å². The number of sulfone groups is 1. The van der Waals surface area contributed by atoms with Crippen LogP contribution in [0.5, 0.6) is 0 Å². The van der Waals surface area contributed by atoms with E-state index < -0.39 is 43.7 Å². The predicted octanol–water partition coefficient (Wildman–Crippen LogP) is 1.33. The molecule has 1 N–H and O–H groups in total. The second-order valence-electron chi connectivity index (χ2n) is 4.06. The van der Waals surface area contributed by atoms with E-state index in [-0.39, 0.29) is 11.7 Å². The van der Waals surface area contributed by atoms with Crippen LogP contribution in [0.25, 0.3) is 0 Å². The highest BCUT2D eigenvalue weighted by Crippen LogP contribution is 2.23. The van der Waals surface area contributed by atoms with E-state index in [1.54, 1.807) is 0 Å². The molecular weight excluding hydrogens is 310 g/mol. The third-order valence-corrected chi connectivity index (χ3v) is 4.07. The van der Waals surface area contributed by atoms with Crippen molar-refractivity contribution >= 4 is 15.8 Å². The van der Waals surface area contributed by atoms with Gasteiger partial charge in [-0.15, -0.1) is 0 Å². The molecule has 1 heterocycles. The lowest BCUT2D eigenvalue weighted by Crippen LogP contribution is -2.12. The van der Waals surface area contributed by atoms with Gasteiger partial charge in [-0.1, -0.05) is 5.16 Å². The summed E-state index contributed by atoms with van der Waals surface area (Å²) in [5.74, 6) is -5.79. The van der Waals surface area contributed by atoms with Gasteiger partial charge in [0, 0.05) is 6.92 Å². The zero-order chi connectivity index (χ0) is 15.8. The lowest BCUT2D eigenvalue weighted by molar-refractivity contribution is 0.0696. The van der Waals surface area contributed by atoms with Crippen LogP contribution < -0.4 is 0 Å². The summed E-state index contributed by atoms with van der Waals surface area (Å²) in [4.78, 5) is 13.4. The second kappa shape index (κ2) is 5.20. The number of carbonyl (C=O) groups is 1. The smallest absolute Gasteiger partial charge is 0.335 e. The molecular formula is C11H8F2N2O5S.